The van der Waals surface area contributed by atoms with Crippen molar-refractivity contribution in [2.24, 2.45) is 0 Å². The highest BCUT2D eigenvalue weighted by Gasteiger charge is 2.35. The van der Waals surface area contributed by atoms with Gasteiger partial charge in [0, 0.05) is 43.9 Å². The van der Waals surface area contributed by atoms with E-state index in [9.17, 15) is 28.1 Å². The summed E-state index contributed by atoms with van der Waals surface area (Å²) in [6, 6.07) is 2.63. The number of carbonyl (C=O) groups excluding carboxylic acids is 1. The van der Waals surface area contributed by atoms with Crippen LogP contribution < -0.4 is 5.32 Å². The average Bonchev–Trinajstić information content (AvgIpc) is 2.75. The molecule has 0 saturated carbocycles. The number of amides is 1. The fourth-order valence-electron chi connectivity index (χ4n) is 2.80. The molecule has 0 spiro atoms. The van der Waals surface area contributed by atoms with E-state index < -0.39 is 22.4 Å². The lowest BCUT2D eigenvalue weighted by Crippen LogP contribution is -2.32. The van der Waals surface area contributed by atoms with Gasteiger partial charge in [-0.2, -0.15) is 13.2 Å². The molecule has 9 heteroatoms. The molecule has 25 heavy (non-hydrogen) atoms. The van der Waals surface area contributed by atoms with Crippen LogP contribution in [0.3, 0.4) is 0 Å². The van der Waals surface area contributed by atoms with Gasteiger partial charge in [-0.25, -0.2) is 0 Å². The summed E-state index contributed by atoms with van der Waals surface area (Å²) in [5.41, 5.74) is -1.86. The summed E-state index contributed by atoms with van der Waals surface area (Å²) < 4.78 is 39.2. The lowest BCUT2D eigenvalue weighted by Gasteiger charge is -2.21. The number of nitrogens with zero attached hydrogens (tertiary/aromatic N) is 2. The zero-order valence-electron chi connectivity index (χ0n) is 13.6. The Kier molecular flexibility index (Phi) is 6.22. The van der Waals surface area contributed by atoms with Crippen LogP contribution >= 0.6 is 0 Å². The molecule has 0 unspecified atom stereocenters. The Morgan fingerprint density at radius 2 is 2.00 bits per heavy atom. The predicted molar refractivity (Wildman–Crippen MR) is 86.3 cm³/mol. The number of benzene rings is 1. The molecule has 0 bridgehead atoms. The van der Waals surface area contributed by atoms with Crippen LogP contribution in [-0.4, -0.2) is 35.4 Å². The highest BCUT2D eigenvalue weighted by Crippen LogP contribution is 2.37. The molecule has 1 heterocycles. The zero-order chi connectivity index (χ0) is 18.4. The van der Waals surface area contributed by atoms with Gasteiger partial charge in [0.1, 0.15) is 0 Å². The van der Waals surface area contributed by atoms with Gasteiger partial charge in [-0.05, 0) is 25.3 Å². The first-order valence-electron chi connectivity index (χ1n) is 8.16. The molecule has 0 aliphatic carbocycles. The molecule has 1 aliphatic rings. The topological polar surface area (TPSA) is 75.5 Å². The summed E-state index contributed by atoms with van der Waals surface area (Å²) in [4.78, 5) is 23.4. The number of nitrogens with one attached hydrogen (secondary N) is 1. The van der Waals surface area contributed by atoms with Crippen molar-refractivity contribution >= 4 is 17.3 Å². The van der Waals surface area contributed by atoms with E-state index in [-0.39, 0.29) is 18.1 Å². The largest absolute Gasteiger partial charge is 0.418 e. The summed E-state index contributed by atoms with van der Waals surface area (Å²) in [5, 5.41) is 13.3. The molecule has 1 aromatic rings. The fraction of sp³-hybridized carbons (Fsp3) is 0.562. The minimum Gasteiger partial charge on any atom is -0.384 e. The number of hydrogen-bond donors (Lipinski definition) is 1. The van der Waals surface area contributed by atoms with Gasteiger partial charge in [0.25, 0.3) is 5.69 Å². The van der Waals surface area contributed by atoms with Crippen LogP contribution in [0.4, 0.5) is 24.5 Å². The Morgan fingerprint density at radius 3 is 2.68 bits per heavy atom. The SMILES string of the molecule is O=C1CCCCCN1CCCNc1ccc([N+](=O)[O-])cc1C(F)(F)F. The zero-order valence-corrected chi connectivity index (χ0v) is 13.6. The van der Waals surface area contributed by atoms with Gasteiger partial charge in [-0.1, -0.05) is 6.42 Å². The first-order chi connectivity index (χ1) is 11.8. The van der Waals surface area contributed by atoms with E-state index in [4.69, 9.17) is 0 Å². The number of carbonyl (C=O) groups is 1. The second kappa shape index (κ2) is 8.17. The van der Waals surface area contributed by atoms with Gasteiger partial charge in [-0.15, -0.1) is 0 Å². The third-order valence-corrected chi connectivity index (χ3v) is 4.11. The van der Waals surface area contributed by atoms with Crippen LogP contribution in [0.1, 0.15) is 37.7 Å². The lowest BCUT2D eigenvalue weighted by molar-refractivity contribution is -0.385. The molecule has 0 atom stereocenters. The minimum absolute atomic E-state index is 0.0869. The van der Waals surface area contributed by atoms with Crippen molar-refractivity contribution in [2.45, 2.75) is 38.3 Å². The maximum atomic E-state index is 13.1. The summed E-state index contributed by atoms with van der Waals surface area (Å²) in [6.45, 7) is 1.41. The van der Waals surface area contributed by atoms with E-state index in [2.05, 4.69) is 5.32 Å². The monoisotopic (exact) mass is 359 g/mol. The lowest BCUT2D eigenvalue weighted by atomic mass is 10.1. The van der Waals surface area contributed by atoms with Gasteiger partial charge >= 0.3 is 6.18 Å². The first kappa shape index (κ1) is 19.0. The van der Waals surface area contributed by atoms with Crippen LogP contribution in [0.25, 0.3) is 0 Å². The summed E-state index contributed by atoms with van der Waals surface area (Å²) in [5.74, 6) is 0.0869. The van der Waals surface area contributed by atoms with Gasteiger partial charge < -0.3 is 10.2 Å². The molecule has 1 aromatic carbocycles. The fourth-order valence-corrected chi connectivity index (χ4v) is 2.80. The standard InChI is InChI=1S/C16H20F3N3O3/c17-16(18,19)13-11-12(22(24)25)6-7-14(13)20-8-4-10-21-9-3-1-2-5-15(21)23/h6-7,11,20H,1-5,8-10H2. The highest BCUT2D eigenvalue weighted by molar-refractivity contribution is 5.76. The molecular formula is C16H20F3N3O3. The number of halogens is 3. The number of alkyl halides is 3. The van der Waals surface area contributed by atoms with E-state index >= 15 is 0 Å². The van der Waals surface area contributed by atoms with Gasteiger partial charge in [0.2, 0.25) is 5.91 Å². The minimum atomic E-state index is -4.69. The number of hydrogen-bond acceptors (Lipinski definition) is 4. The third-order valence-electron chi connectivity index (χ3n) is 4.11. The van der Waals surface area contributed by atoms with Crippen molar-refractivity contribution in [3.05, 3.63) is 33.9 Å². The molecule has 1 fully saturated rings. The Bertz CT molecular complexity index is 635. The quantitative estimate of drug-likeness (QED) is 0.476. The van der Waals surface area contributed by atoms with Crippen molar-refractivity contribution in [3.8, 4) is 0 Å². The second-order valence-electron chi connectivity index (χ2n) is 5.96. The van der Waals surface area contributed by atoms with E-state index in [0.29, 0.717) is 32.0 Å². The number of nitro benzene ring substituents is 1. The molecular weight excluding hydrogens is 339 g/mol. The summed E-state index contributed by atoms with van der Waals surface area (Å²) in [7, 11) is 0. The van der Waals surface area contributed by atoms with Crippen LogP contribution in [-0.2, 0) is 11.0 Å². The molecule has 1 aliphatic heterocycles. The first-order valence-corrected chi connectivity index (χ1v) is 8.16. The number of nitro groups is 1. The van der Waals surface area contributed by atoms with Crippen molar-refractivity contribution in [2.75, 3.05) is 25.0 Å². The van der Waals surface area contributed by atoms with Gasteiger partial charge in [0.15, 0.2) is 0 Å². The number of likely N-dealkylation sites (tertiary alicyclic amines) is 1. The Labute approximate surface area is 143 Å². The summed E-state index contributed by atoms with van der Waals surface area (Å²) in [6.07, 6.45) is -0.827. The van der Waals surface area contributed by atoms with Crippen molar-refractivity contribution < 1.29 is 22.9 Å². The Morgan fingerprint density at radius 1 is 1.24 bits per heavy atom. The maximum Gasteiger partial charge on any atom is 0.418 e. The summed E-state index contributed by atoms with van der Waals surface area (Å²) >= 11 is 0. The van der Waals surface area contributed by atoms with Gasteiger partial charge in [0.05, 0.1) is 10.5 Å². The molecule has 1 saturated heterocycles. The number of rotatable bonds is 6. The smallest absolute Gasteiger partial charge is 0.384 e. The van der Waals surface area contributed by atoms with Crippen molar-refractivity contribution in [3.63, 3.8) is 0 Å². The van der Waals surface area contributed by atoms with Gasteiger partial charge in [-0.3, -0.25) is 14.9 Å². The molecule has 0 aromatic heterocycles. The van der Waals surface area contributed by atoms with Crippen LogP contribution in [0.5, 0.6) is 0 Å². The average molecular weight is 359 g/mol. The van der Waals surface area contributed by atoms with Crippen molar-refractivity contribution in [1.29, 1.82) is 0 Å². The molecule has 1 N–H and O–H groups in total. The predicted octanol–water partition coefficient (Wildman–Crippen LogP) is 3.82. The molecule has 138 valence electrons. The molecule has 0 radical (unpaired) electrons. The highest BCUT2D eigenvalue weighted by atomic mass is 19.4. The number of anilines is 1. The molecule has 1 amide bonds. The third kappa shape index (κ3) is 5.33. The van der Waals surface area contributed by atoms with Crippen LogP contribution in [0.2, 0.25) is 0 Å². The van der Waals surface area contributed by atoms with E-state index in [1.165, 1.54) is 0 Å². The van der Waals surface area contributed by atoms with Crippen LogP contribution in [0.15, 0.2) is 18.2 Å². The molecule has 6 nitrogen and oxygen atoms in total. The van der Waals surface area contributed by atoms with Crippen molar-refractivity contribution in [1.82, 2.24) is 4.90 Å². The van der Waals surface area contributed by atoms with Crippen LogP contribution in [0, 0.1) is 10.1 Å². The molecule has 2 rings (SSSR count). The Hall–Kier alpha value is -2.32. The number of non-ortho nitro benzene ring substituents is 1. The Balaban J connectivity index is 1.96. The van der Waals surface area contributed by atoms with E-state index in [1.54, 1.807) is 4.90 Å². The maximum absolute atomic E-state index is 13.1. The van der Waals surface area contributed by atoms with E-state index in [0.717, 1.165) is 31.4 Å². The second-order valence-corrected chi connectivity index (χ2v) is 5.96. The van der Waals surface area contributed by atoms with E-state index in [1.807, 2.05) is 0 Å². The normalized spacial score (nSPS) is 15.8.